The average Bonchev–Trinajstić information content (AvgIpc) is 3.22. The van der Waals surface area contributed by atoms with Gasteiger partial charge in [0.25, 0.3) is 5.56 Å². The lowest BCUT2D eigenvalue weighted by atomic mass is 9.92. The summed E-state index contributed by atoms with van der Waals surface area (Å²) in [7, 11) is 1.60. The van der Waals surface area contributed by atoms with Gasteiger partial charge in [-0.15, -0.1) is 0 Å². The first kappa shape index (κ1) is 18.6. The van der Waals surface area contributed by atoms with Crippen LogP contribution in [-0.2, 0) is 0 Å². The van der Waals surface area contributed by atoms with Crippen molar-refractivity contribution in [2.75, 3.05) is 12.4 Å². The van der Waals surface area contributed by atoms with Gasteiger partial charge in [-0.25, -0.2) is 5.10 Å². The quantitative estimate of drug-likeness (QED) is 0.441. The van der Waals surface area contributed by atoms with Crippen molar-refractivity contribution in [3.8, 4) is 17.0 Å². The molecule has 1 atom stereocenters. The highest BCUT2D eigenvalue weighted by molar-refractivity contribution is 6.36. The number of H-pyrrole nitrogens is 1. The van der Waals surface area contributed by atoms with Crippen molar-refractivity contribution in [1.82, 2.24) is 30.4 Å². The van der Waals surface area contributed by atoms with Crippen LogP contribution in [0.5, 0.6) is 5.75 Å². The molecule has 2 aromatic carbocycles. The van der Waals surface area contributed by atoms with Gasteiger partial charge in [0.1, 0.15) is 23.2 Å². The van der Waals surface area contributed by atoms with Gasteiger partial charge in [-0.1, -0.05) is 40.4 Å². The van der Waals surface area contributed by atoms with Gasteiger partial charge in [0, 0.05) is 16.1 Å². The van der Waals surface area contributed by atoms with Gasteiger partial charge in [0.05, 0.1) is 12.1 Å². The van der Waals surface area contributed by atoms with Crippen LogP contribution < -0.4 is 15.6 Å². The number of benzene rings is 2. The van der Waals surface area contributed by atoms with Crippen LogP contribution in [0.2, 0.25) is 10.0 Å². The first-order valence-electron chi connectivity index (χ1n) is 8.83. The van der Waals surface area contributed by atoms with E-state index in [-0.39, 0.29) is 0 Å². The van der Waals surface area contributed by atoms with Gasteiger partial charge in [-0.05, 0) is 46.3 Å². The highest BCUT2D eigenvalue weighted by atomic mass is 35.5. The lowest BCUT2D eigenvalue weighted by molar-refractivity contribution is 0.414. The van der Waals surface area contributed by atoms with Gasteiger partial charge in [0.2, 0.25) is 5.95 Å². The number of tetrazole rings is 1. The predicted octanol–water partition coefficient (Wildman–Crippen LogP) is 3.43. The molecule has 5 rings (SSSR count). The monoisotopic (exact) mass is 441 g/mol. The summed E-state index contributed by atoms with van der Waals surface area (Å²) in [4.78, 5) is 12.7. The molecule has 30 heavy (non-hydrogen) atoms. The predicted molar refractivity (Wildman–Crippen MR) is 112 cm³/mol. The van der Waals surface area contributed by atoms with Crippen molar-refractivity contribution in [2.24, 2.45) is 0 Å². The van der Waals surface area contributed by atoms with Gasteiger partial charge in [0.15, 0.2) is 0 Å². The minimum atomic E-state index is -0.520. The number of fused-ring (bicyclic) bond motifs is 2. The zero-order chi connectivity index (χ0) is 20.8. The van der Waals surface area contributed by atoms with Crippen LogP contribution in [0.1, 0.15) is 17.2 Å². The molecule has 4 aromatic rings. The van der Waals surface area contributed by atoms with E-state index in [0.29, 0.717) is 44.3 Å². The molecule has 2 N–H and O–H groups in total. The lowest BCUT2D eigenvalue weighted by Gasteiger charge is -2.28. The minimum absolute atomic E-state index is 0.300. The van der Waals surface area contributed by atoms with E-state index < -0.39 is 11.6 Å². The van der Waals surface area contributed by atoms with Gasteiger partial charge < -0.3 is 10.1 Å². The number of anilines is 2. The van der Waals surface area contributed by atoms with E-state index in [1.165, 1.54) is 0 Å². The standard InChI is InChI=1S/C19H13Cl2N7O2/c1-30-11-5-2-9(3-6-11)17-14-15(12-7-4-10(20)8-13(12)21)23-24-18(29)16(14)22-19-25-26-27-28(17)19/h2-8,17H,1H3,(H,24,29)(H,22,25,27)/t17-/m1/s1. The smallest absolute Gasteiger partial charge is 0.288 e. The van der Waals surface area contributed by atoms with E-state index in [9.17, 15) is 4.79 Å². The fourth-order valence-electron chi connectivity index (χ4n) is 3.52. The van der Waals surface area contributed by atoms with E-state index in [1.54, 1.807) is 30.0 Å². The molecular weight excluding hydrogens is 429 g/mol. The van der Waals surface area contributed by atoms with Gasteiger partial charge in [-0.3, -0.25) is 4.79 Å². The summed E-state index contributed by atoms with van der Waals surface area (Å²) in [6, 6.07) is 12.0. The van der Waals surface area contributed by atoms with Gasteiger partial charge in [-0.2, -0.15) is 9.78 Å². The van der Waals surface area contributed by atoms with Crippen molar-refractivity contribution < 1.29 is 4.74 Å². The number of hydrogen-bond acceptors (Lipinski definition) is 7. The van der Waals surface area contributed by atoms with Crippen molar-refractivity contribution >= 4 is 34.8 Å². The highest BCUT2D eigenvalue weighted by Crippen LogP contribution is 2.42. The topological polar surface area (TPSA) is 111 Å². The summed E-state index contributed by atoms with van der Waals surface area (Å²) in [6.07, 6.45) is 0. The first-order valence-corrected chi connectivity index (χ1v) is 9.59. The molecule has 0 saturated carbocycles. The molecule has 2 aromatic heterocycles. The Labute approximate surface area is 179 Å². The molecule has 11 heteroatoms. The Bertz CT molecular complexity index is 1320. The maximum Gasteiger partial charge on any atom is 0.288 e. The molecule has 0 saturated heterocycles. The normalized spacial score (nSPS) is 14.6. The molecular formula is C19H13Cl2N7O2. The molecule has 1 aliphatic heterocycles. The van der Waals surface area contributed by atoms with E-state index in [4.69, 9.17) is 27.9 Å². The average molecular weight is 442 g/mol. The number of methoxy groups -OCH3 is 1. The summed E-state index contributed by atoms with van der Waals surface area (Å²) < 4.78 is 6.86. The van der Waals surface area contributed by atoms with E-state index in [1.807, 2.05) is 24.3 Å². The highest BCUT2D eigenvalue weighted by Gasteiger charge is 2.34. The molecule has 0 radical (unpaired) electrons. The number of aromatic amines is 1. The zero-order valence-electron chi connectivity index (χ0n) is 15.4. The van der Waals surface area contributed by atoms with E-state index in [2.05, 4.69) is 31.0 Å². The Morgan fingerprint density at radius 3 is 2.67 bits per heavy atom. The second kappa shape index (κ2) is 7.12. The number of aromatic nitrogens is 6. The maximum absolute atomic E-state index is 12.7. The number of nitrogens with zero attached hydrogens (tertiary/aromatic N) is 5. The summed E-state index contributed by atoms with van der Waals surface area (Å²) in [6.45, 7) is 0. The summed E-state index contributed by atoms with van der Waals surface area (Å²) >= 11 is 12.5. The minimum Gasteiger partial charge on any atom is -0.497 e. The third-order valence-electron chi connectivity index (χ3n) is 4.89. The van der Waals surface area contributed by atoms with Crippen LogP contribution in [0.15, 0.2) is 47.3 Å². The first-order chi connectivity index (χ1) is 14.6. The Balaban J connectivity index is 1.80. The van der Waals surface area contributed by atoms with Crippen LogP contribution >= 0.6 is 23.2 Å². The molecule has 0 fully saturated rings. The maximum atomic E-state index is 12.7. The third kappa shape index (κ3) is 2.90. The largest absolute Gasteiger partial charge is 0.497 e. The van der Waals surface area contributed by atoms with Crippen molar-refractivity contribution in [3.05, 3.63) is 74.0 Å². The second-order valence-electron chi connectivity index (χ2n) is 6.56. The molecule has 0 aliphatic carbocycles. The van der Waals surface area contributed by atoms with Crippen LogP contribution in [-0.4, -0.2) is 37.5 Å². The number of hydrogen-bond donors (Lipinski definition) is 2. The molecule has 3 heterocycles. The lowest BCUT2D eigenvalue weighted by Crippen LogP contribution is -2.29. The SMILES string of the molecule is COc1ccc([C@@H]2c3c(-c4ccc(Cl)cc4Cl)n[nH]c(=O)c3Nc3nnnn32)cc1. The molecule has 0 unspecified atom stereocenters. The Morgan fingerprint density at radius 2 is 1.93 bits per heavy atom. The van der Waals surface area contributed by atoms with Crippen molar-refractivity contribution in [2.45, 2.75) is 6.04 Å². The molecule has 0 bridgehead atoms. The summed E-state index contributed by atoms with van der Waals surface area (Å²) in [5.74, 6) is 1.04. The molecule has 1 aliphatic rings. The Kier molecular flexibility index (Phi) is 4.41. The van der Waals surface area contributed by atoms with Crippen molar-refractivity contribution in [1.29, 1.82) is 0 Å². The molecule has 0 amide bonds. The number of halogens is 2. The zero-order valence-corrected chi connectivity index (χ0v) is 16.9. The fraction of sp³-hybridized carbons (Fsp3) is 0.105. The van der Waals surface area contributed by atoms with Crippen LogP contribution in [0, 0.1) is 0 Å². The molecule has 9 nitrogen and oxygen atoms in total. The summed E-state index contributed by atoms with van der Waals surface area (Å²) in [5, 5.41) is 22.6. The summed E-state index contributed by atoms with van der Waals surface area (Å²) in [5.41, 5.74) is 2.44. The fourth-order valence-corrected chi connectivity index (χ4v) is 4.02. The van der Waals surface area contributed by atoms with E-state index >= 15 is 0 Å². The third-order valence-corrected chi connectivity index (χ3v) is 5.43. The number of ether oxygens (including phenoxy) is 1. The van der Waals surface area contributed by atoms with Crippen molar-refractivity contribution in [3.63, 3.8) is 0 Å². The molecule has 0 spiro atoms. The Morgan fingerprint density at radius 1 is 1.13 bits per heavy atom. The van der Waals surface area contributed by atoms with Crippen LogP contribution in [0.4, 0.5) is 11.6 Å². The van der Waals surface area contributed by atoms with Gasteiger partial charge >= 0.3 is 0 Å². The Hall–Kier alpha value is -3.43. The van der Waals surface area contributed by atoms with Crippen LogP contribution in [0.25, 0.3) is 11.3 Å². The number of nitrogens with one attached hydrogen (secondary N) is 2. The molecule has 150 valence electrons. The van der Waals surface area contributed by atoms with E-state index in [0.717, 1.165) is 5.56 Å². The van der Waals surface area contributed by atoms with Crippen LogP contribution in [0.3, 0.4) is 0 Å². The number of rotatable bonds is 3. The second-order valence-corrected chi connectivity index (χ2v) is 7.41.